The van der Waals surface area contributed by atoms with Crippen LogP contribution in [0, 0.1) is 0 Å². The lowest BCUT2D eigenvalue weighted by atomic mass is 9.96. The number of fused-ring (bicyclic) bond motifs is 11. The first-order chi connectivity index (χ1) is 27.2. The molecule has 11 rings (SSSR count). The summed E-state index contributed by atoms with van der Waals surface area (Å²) in [6.07, 6.45) is 0. The van der Waals surface area contributed by atoms with E-state index >= 15 is 0 Å². The predicted octanol–water partition coefficient (Wildman–Crippen LogP) is 13.8. The molecule has 0 saturated carbocycles. The second-order valence-corrected chi connectivity index (χ2v) is 14.3. The largest absolute Gasteiger partial charge is 0.353 e. The van der Waals surface area contributed by atoms with Gasteiger partial charge in [0.25, 0.3) is 0 Å². The summed E-state index contributed by atoms with van der Waals surface area (Å²) in [4.78, 5) is 14.7. The summed E-state index contributed by atoms with van der Waals surface area (Å²) >= 11 is 0. The van der Waals surface area contributed by atoms with Gasteiger partial charge in [-0.2, -0.15) is 0 Å². The summed E-state index contributed by atoms with van der Waals surface area (Å²) in [5.41, 5.74) is 19.4. The SMILES string of the molecule is c1ccc(-c2ccc(-c3cc4nc(c3)-c3cccc5c3[nH]c3c(cccc35)-c3cc(-c5ccc(-c6ccccc6)cc5)cc(n3)-c3cccc-4c3)cc2)cc1. The normalized spacial score (nSPS) is 11.6. The number of aromatic nitrogens is 3. The number of pyridine rings is 2. The van der Waals surface area contributed by atoms with Crippen molar-refractivity contribution in [3.8, 4) is 89.5 Å². The van der Waals surface area contributed by atoms with Crippen molar-refractivity contribution in [2.75, 3.05) is 0 Å². The van der Waals surface area contributed by atoms with Gasteiger partial charge in [-0.3, -0.25) is 0 Å². The molecule has 10 aromatic rings. The Balaban J connectivity index is 1.13. The van der Waals surface area contributed by atoms with E-state index in [0.29, 0.717) is 0 Å². The molecule has 1 aliphatic rings. The van der Waals surface area contributed by atoms with Crippen molar-refractivity contribution < 1.29 is 0 Å². The number of H-pyrrole nitrogens is 1. The van der Waals surface area contributed by atoms with Crippen LogP contribution in [0.4, 0.5) is 0 Å². The molecule has 1 aliphatic heterocycles. The number of rotatable bonds is 4. The van der Waals surface area contributed by atoms with E-state index in [1.54, 1.807) is 0 Å². The van der Waals surface area contributed by atoms with Gasteiger partial charge in [-0.25, -0.2) is 9.97 Å². The average molecular weight is 700 g/mol. The first kappa shape index (κ1) is 31.2. The molecule has 0 radical (unpaired) electrons. The molecule has 0 aliphatic carbocycles. The molecule has 0 atom stereocenters. The third-order valence-corrected chi connectivity index (χ3v) is 11.0. The van der Waals surface area contributed by atoms with Gasteiger partial charge in [-0.1, -0.05) is 164 Å². The highest BCUT2D eigenvalue weighted by Crippen LogP contribution is 2.41. The topological polar surface area (TPSA) is 41.6 Å². The molecular weight excluding hydrogens is 667 g/mol. The molecule has 0 saturated heterocycles. The summed E-state index contributed by atoms with van der Waals surface area (Å²) in [6.45, 7) is 0. The maximum atomic E-state index is 5.39. The number of benzene rings is 7. The van der Waals surface area contributed by atoms with Gasteiger partial charge in [-0.15, -0.1) is 0 Å². The van der Waals surface area contributed by atoms with Crippen molar-refractivity contribution >= 4 is 21.8 Å². The van der Waals surface area contributed by atoms with Gasteiger partial charge in [0.05, 0.1) is 33.8 Å². The molecule has 4 heterocycles. The van der Waals surface area contributed by atoms with E-state index in [-0.39, 0.29) is 0 Å². The quantitative estimate of drug-likeness (QED) is 0.199. The van der Waals surface area contributed by atoms with Crippen molar-refractivity contribution in [1.82, 2.24) is 15.0 Å². The first-order valence-corrected chi connectivity index (χ1v) is 18.7. The highest BCUT2D eigenvalue weighted by atomic mass is 14.8. The second-order valence-electron chi connectivity index (χ2n) is 14.3. The van der Waals surface area contributed by atoms with Crippen LogP contribution in [0.5, 0.6) is 0 Å². The van der Waals surface area contributed by atoms with Crippen LogP contribution in [0.25, 0.3) is 111 Å². The first-order valence-electron chi connectivity index (χ1n) is 18.7. The Bertz CT molecular complexity index is 2850. The van der Waals surface area contributed by atoms with E-state index in [4.69, 9.17) is 9.97 Å². The lowest BCUT2D eigenvalue weighted by molar-refractivity contribution is 1.30. The van der Waals surface area contributed by atoms with Crippen molar-refractivity contribution in [1.29, 1.82) is 0 Å². The Hall–Kier alpha value is -7.36. The van der Waals surface area contributed by atoms with E-state index < -0.39 is 0 Å². The average Bonchev–Trinajstić information content (AvgIpc) is 3.66. The van der Waals surface area contributed by atoms with Gasteiger partial charge >= 0.3 is 0 Å². The van der Waals surface area contributed by atoms with Crippen LogP contribution >= 0.6 is 0 Å². The van der Waals surface area contributed by atoms with E-state index in [1.165, 1.54) is 33.0 Å². The van der Waals surface area contributed by atoms with Crippen molar-refractivity contribution in [2.24, 2.45) is 0 Å². The minimum Gasteiger partial charge on any atom is -0.353 e. The summed E-state index contributed by atoms with van der Waals surface area (Å²) in [7, 11) is 0. The fraction of sp³-hybridized carbons (Fsp3) is 0. The third kappa shape index (κ3) is 5.45. The van der Waals surface area contributed by atoms with E-state index in [1.807, 2.05) is 0 Å². The zero-order chi connectivity index (χ0) is 36.3. The van der Waals surface area contributed by atoms with Crippen LogP contribution in [0.15, 0.2) is 194 Å². The van der Waals surface area contributed by atoms with Crippen LogP contribution < -0.4 is 0 Å². The number of aromatic amines is 1. The van der Waals surface area contributed by atoms with Crippen LogP contribution in [-0.4, -0.2) is 15.0 Å². The highest BCUT2D eigenvalue weighted by Gasteiger charge is 2.19. The smallest absolute Gasteiger partial charge is 0.0736 e. The Morgan fingerprint density at radius 3 is 1.04 bits per heavy atom. The lowest BCUT2D eigenvalue weighted by Crippen LogP contribution is -1.95. The lowest BCUT2D eigenvalue weighted by Gasteiger charge is -2.14. The Kier molecular flexibility index (Phi) is 7.17. The molecule has 0 amide bonds. The molecule has 1 N–H and O–H groups in total. The van der Waals surface area contributed by atoms with Gasteiger partial charge in [0.2, 0.25) is 0 Å². The molecule has 3 heteroatoms. The predicted molar refractivity (Wildman–Crippen MR) is 228 cm³/mol. The van der Waals surface area contributed by atoms with Crippen LogP contribution in [0.2, 0.25) is 0 Å². The van der Waals surface area contributed by atoms with E-state index in [2.05, 4.69) is 199 Å². The van der Waals surface area contributed by atoms with Crippen LogP contribution in [0.3, 0.4) is 0 Å². The summed E-state index contributed by atoms with van der Waals surface area (Å²) in [5, 5.41) is 2.33. The fourth-order valence-corrected chi connectivity index (χ4v) is 8.15. The molecule has 0 spiro atoms. The minimum absolute atomic E-state index is 0.917. The molecule has 3 aromatic heterocycles. The van der Waals surface area contributed by atoms with Gasteiger partial charge < -0.3 is 4.98 Å². The molecule has 55 heavy (non-hydrogen) atoms. The van der Waals surface area contributed by atoms with E-state index in [9.17, 15) is 0 Å². The molecule has 7 aromatic carbocycles. The molecule has 0 fully saturated rings. The van der Waals surface area contributed by atoms with Crippen molar-refractivity contribution in [3.63, 3.8) is 0 Å². The van der Waals surface area contributed by atoms with Crippen molar-refractivity contribution in [3.05, 3.63) is 194 Å². The number of hydrogen-bond acceptors (Lipinski definition) is 2. The molecular formula is C52H33N3. The zero-order valence-electron chi connectivity index (χ0n) is 29.9. The Morgan fingerprint density at radius 1 is 0.255 bits per heavy atom. The summed E-state index contributed by atoms with van der Waals surface area (Å²) < 4.78 is 0. The standard InChI is InChI=1S/C52H33N3/c1-3-10-33(11-4-1)35-20-24-37(25-21-35)41-29-47-39-14-7-15-40(28-39)48-30-42(38-26-22-36(23-27-38)34-12-5-2-6-13-34)32-50(54-48)46-19-9-17-44-43-16-8-18-45(49(31-41)53-47)51(43)55-52(44)46/h1-32,55H. The zero-order valence-corrected chi connectivity index (χ0v) is 29.9. The van der Waals surface area contributed by atoms with Gasteiger partial charge in [0, 0.05) is 33.0 Å². The Labute approximate surface area is 319 Å². The third-order valence-electron chi connectivity index (χ3n) is 11.0. The monoisotopic (exact) mass is 699 g/mol. The van der Waals surface area contributed by atoms with Crippen molar-refractivity contribution in [2.45, 2.75) is 0 Å². The maximum Gasteiger partial charge on any atom is 0.0736 e. The van der Waals surface area contributed by atoms with Crippen LogP contribution in [-0.2, 0) is 0 Å². The van der Waals surface area contributed by atoms with Crippen LogP contribution in [0.1, 0.15) is 0 Å². The van der Waals surface area contributed by atoms with Gasteiger partial charge in [0.15, 0.2) is 0 Å². The number of nitrogens with one attached hydrogen (secondary N) is 1. The minimum atomic E-state index is 0.917. The second kappa shape index (κ2) is 12.6. The van der Waals surface area contributed by atoms with Gasteiger partial charge in [0.1, 0.15) is 0 Å². The highest BCUT2D eigenvalue weighted by molar-refractivity contribution is 6.15. The number of hydrogen-bond donors (Lipinski definition) is 1. The molecule has 256 valence electrons. The molecule has 3 nitrogen and oxygen atoms in total. The van der Waals surface area contributed by atoms with E-state index in [0.717, 1.165) is 78.3 Å². The number of nitrogens with zero attached hydrogens (tertiary/aromatic N) is 2. The maximum absolute atomic E-state index is 5.39. The summed E-state index contributed by atoms with van der Waals surface area (Å²) in [6, 6.07) is 69.5. The summed E-state index contributed by atoms with van der Waals surface area (Å²) in [5.74, 6) is 0. The van der Waals surface area contributed by atoms with Gasteiger partial charge in [-0.05, 0) is 74.8 Å². The Morgan fingerprint density at radius 2 is 0.600 bits per heavy atom. The number of para-hydroxylation sites is 2. The fourth-order valence-electron chi connectivity index (χ4n) is 8.15. The molecule has 0 unspecified atom stereocenters. The molecule has 8 bridgehead atoms.